The number of nitrogens with one attached hydrogen (secondary N) is 2. The highest BCUT2D eigenvalue weighted by Crippen LogP contribution is 2.35. The molecule has 0 atom stereocenters. The topological polar surface area (TPSA) is 77.5 Å². The summed E-state index contributed by atoms with van der Waals surface area (Å²) in [4.78, 5) is 8.90. The zero-order valence-corrected chi connectivity index (χ0v) is 14.4. The van der Waals surface area contributed by atoms with Gasteiger partial charge in [-0.1, -0.05) is 0 Å². The van der Waals surface area contributed by atoms with Crippen LogP contribution in [0.5, 0.6) is 17.2 Å². The van der Waals surface area contributed by atoms with Crippen LogP contribution in [0.1, 0.15) is 5.56 Å². The molecule has 0 saturated heterocycles. The third-order valence-corrected chi connectivity index (χ3v) is 3.95. The molecular weight excluding hydrogens is 332 g/mol. The smallest absolute Gasteiger partial charge is 0.231 e. The quantitative estimate of drug-likeness (QED) is 0.720. The van der Waals surface area contributed by atoms with Crippen LogP contribution in [0, 0.1) is 6.92 Å². The van der Waals surface area contributed by atoms with Gasteiger partial charge in [0.15, 0.2) is 11.5 Å². The van der Waals surface area contributed by atoms with Crippen molar-refractivity contribution in [1.29, 1.82) is 0 Å². The lowest BCUT2D eigenvalue weighted by Gasteiger charge is -2.11. The van der Waals surface area contributed by atoms with Gasteiger partial charge in [0.1, 0.15) is 11.6 Å². The summed E-state index contributed by atoms with van der Waals surface area (Å²) in [7, 11) is 1.64. The predicted molar refractivity (Wildman–Crippen MR) is 98.9 cm³/mol. The summed E-state index contributed by atoms with van der Waals surface area (Å²) in [5.74, 6) is 3.49. The summed E-state index contributed by atoms with van der Waals surface area (Å²) < 4.78 is 15.9. The fourth-order valence-corrected chi connectivity index (χ4v) is 2.54. The van der Waals surface area contributed by atoms with E-state index in [4.69, 9.17) is 14.2 Å². The third kappa shape index (κ3) is 3.32. The molecule has 1 aliphatic rings. The van der Waals surface area contributed by atoms with E-state index in [0.29, 0.717) is 5.95 Å². The molecule has 1 aliphatic heterocycles. The standard InChI is InChI=1S/C19H18N4O3/c1-12-10-20-19(22-13-3-6-15(24-2)7-4-13)23-18(12)21-14-5-8-16-17(9-14)26-11-25-16/h3-10H,11H2,1-2H3,(H2,20,21,22,23). The number of methoxy groups -OCH3 is 1. The highest BCUT2D eigenvalue weighted by atomic mass is 16.7. The second kappa shape index (κ2) is 6.79. The van der Waals surface area contributed by atoms with Gasteiger partial charge in [-0.3, -0.25) is 0 Å². The molecule has 2 aromatic carbocycles. The maximum atomic E-state index is 5.41. The van der Waals surface area contributed by atoms with Gasteiger partial charge in [0.25, 0.3) is 0 Å². The number of nitrogens with zero attached hydrogens (tertiary/aromatic N) is 2. The maximum absolute atomic E-state index is 5.41. The van der Waals surface area contributed by atoms with Gasteiger partial charge in [0.05, 0.1) is 7.11 Å². The molecule has 7 heteroatoms. The van der Waals surface area contributed by atoms with Gasteiger partial charge in [-0.25, -0.2) is 4.98 Å². The van der Waals surface area contributed by atoms with E-state index in [-0.39, 0.29) is 6.79 Å². The molecule has 7 nitrogen and oxygen atoms in total. The summed E-state index contributed by atoms with van der Waals surface area (Å²) in [5, 5.41) is 6.49. The van der Waals surface area contributed by atoms with Gasteiger partial charge in [-0.05, 0) is 43.3 Å². The number of ether oxygens (including phenoxy) is 3. The van der Waals surface area contributed by atoms with Crippen molar-refractivity contribution in [3.8, 4) is 17.2 Å². The van der Waals surface area contributed by atoms with Gasteiger partial charge in [-0.2, -0.15) is 4.98 Å². The lowest BCUT2D eigenvalue weighted by Crippen LogP contribution is -2.02. The molecule has 2 heterocycles. The molecule has 26 heavy (non-hydrogen) atoms. The lowest BCUT2D eigenvalue weighted by molar-refractivity contribution is 0.174. The van der Waals surface area contributed by atoms with Crippen LogP contribution in [0.4, 0.5) is 23.1 Å². The molecule has 0 amide bonds. The van der Waals surface area contributed by atoms with Crippen molar-refractivity contribution < 1.29 is 14.2 Å². The normalized spacial score (nSPS) is 11.9. The van der Waals surface area contributed by atoms with Crippen LogP contribution >= 0.6 is 0 Å². The largest absolute Gasteiger partial charge is 0.497 e. The average Bonchev–Trinajstić information content (AvgIpc) is 3.13. The fraction of sp³-hybridized carbons (Fsp3) is 0.158. The van der Waals surface area contributed by atoms with Gasteiger partial charge in [0.2, 0.25) is 12.7 Å². The van der Waals surface area contributed by atoms with E-state index in [1.165, 1.54) is 0 Å². The Morgan fingerprint density at radius 3 is 2.54 bits per heavy atom. The van der Waals surface area contributed by atoms with E-state index in [9.17, 15) is 0 Å². The number of aryl methyl sites for hydroxylation is 1. The molecule has 0 fully saturated rings. The first kappa shape index (κ1) is 16.0. The van der Waals surface area contributed by atoms with E-state index >= 15 is 0 Å². The number of anilines is 4. The minimum atomic E-state index is 0.251. The van der Waals surface area contributed by atoms with Crippen molar-refractivity contribution >= 4 is 23.1 Å². The molecule has 2 N–H and O–H groups in total. The number of benzene rings is 2. The first-order valence-electron chi connectivity index (χ1n) is 8.13. The molecule has 0 spiro atoms. The Balaban J connectivity index is 1.54. The van der Waals surface area contributed by atoms with Crippen molar-refractivity contribution in [2.45, 2.75) is 6.92 Å². The van der Waals surface area contributed by atoms with Crippen molar-refractivity contribution in [3.63, 3.8) is 0 Å². The molecule has 3 aromatic rings. The van der Waals surface area contributed by atoms with Crippen LogP contribution in [0.25, 0.3) is 0 Å². The fourth-order valence-electron chi connectivity index (χ4n) is 2.54. The average molecular weight is 350 g/mol. The summed E-state index contributed by atoms with van der Waals surface area (Å²) in [6.45, 7) is 2.20. The van der Waals surface area contributed by atoms with Crippen LogP contribution < -0.4 is 24.8 Å². The van der Waals surface area contributed by atoms with Crippen LogP contribution in [0.15, 0.2) is 48.7 Å². The van der Waals surface area contributed by atoms with Gasteiger partial charge in [-0.15, -0.1) is 0 Å². The van der Waals surface area contributed by atoms with Crippen LogP contribution in [-0.2, 0) is 0 Å². The summed E-state index contributed by atoms with van der Waals surface area (Å²) in [6.07, 6.45) is 1.77. The van der Waals surface area contributed by atoms with Crippen molar-refractivity contribution in [2.24, 2.45) is 0 Å². The van der Waals surface area contributed by atoms with E-state index in [1.807, 2.05) is 49.4 Å². The Morgan fingerprint density at radius 2 is 1.73 bits per heavy atom. The highest BCUT2D eigenvalue weighted by molar-refractivity contribution is 5.65. The predicted octanol–water partition coefficient (Wildman–Crippen LogP) is 4.01. The minimum absolute atomic E-state index is 0.251. The van der Waals surface area contributed by atoms with E-state index in [2.05, 4.69) is 20.6 Å². The molecule has 132 valence electrons. The van der Waals surface area contributed by atoms with Crippen LogP contribution in [0.3, 0.4) is 0 Å². The molecule has 1 aromatic heterocycles. The molecule has 0 unspecified atom stereocenters. The molecule has 0 bridgehead atoms. The minimum Gasteiger partial charge on any atom is -0.497 e. The zero-order valence-electron chi connectivity index (χ0n) is 14.4. The first-order valence-corrected chi connectivity index (χ1v) is 8.13. The lowest BCUT2D eigenvalue weighted by atomic mass is 10.2. The van der Waals surface area contributed by atoms with Gasteiger partial charge in [0, 0.05) is 29.2 Å². The summed E-state index contributed by atoms with van der Waals surface area (Å²) in [6, 6.07) is 13.3. The number of fused-ring (bicyclic) bond motifs is 1. The Morgan fingerprint density at radius 1 is 0.962 bits per heavy atom. The summed E-state index contributed by atoms with van der Waals surface area (Å²) >= 11 is 0. The third-order valence-electron chi connectivity index (χ3n) is 3.95. The number of hydrogen-bond donors (Lipinski definition) is 2. The van der Waals surface area contributed by atoms with E-state index < -0.39 is 0 Å². The van der Waals surface area contributed by atoms with Crippen molar-refractivity contribution in [1.82, 2.24) is 9.97 Å². The van der Waals surface area contributed by atoms with Crippen LogP contribution in [-0.4, -0.2) is 23.9 Å². The number of aromatic nitrogens is 2. The van der Waals surface area contributed by atoms with Crippen molar-refractivity contribution in [3.05, 3.63) is 54.2 Å². The Bertz CT molecular complexity index is 929. The van der Waals surface area contributed by atoms with Gasteiger partial charge >= 0.3 is 0 Å². The number of hydrogen-bond acceptors (Lipinski definition) is 7. The zero-order chi connectivity index (χ0) is 17.9. The molecule has 0 saturated carbocycles. The molecular formula is C19H18N4O3. The monoisotopic (exact) mass is 350 g/mol. The Labute approximate surface area is 151 Å². The van der Waals surface area contributed by atoms with Gasteiger partial charge < -0.3 is 24.8 Å². The van der Waals surface area contributed by atoms with Crippen LogP contribution in [0.2, 0.25) is 0 Å². The first-order chi connectivity index (χ1) is 12.7. The second-order valence-corrected chi connectivity index (χ2v) is 5.77. The van der Waals surface area contributed by atoms with E-state index in [0.717, 1.165) is 40.0 Å². The summed E-state index contributed by atoms with van der Waals surface area (Å²) in [5.41, 5.74) is 2.68. The molecule has 4 rings (SSSR count). The maximum Gasteiger partial charge on any atom is 0.231 e. The second-order valence-electron chi connectivity index (χ2n) is 5.77. The molecule has 0 radical (unpaired) electrons. The SMILES string of the molecule is COc1ccc(Nc2ncc(C)c(Nc3ccc4c(c3)OCO4)n2)cc1. The Kier molecular flexibility index (Phi) is 4.18. The molecule has 0 aliphatic carbocycles. The number of rotatable bonds is 5. The Hall–Kier alpha value is -3.48. The van der Waals surface area contributed by atoms with E-state index in [1.54, 1.807) is 13.3 Å². The van der Waals surface area contributed by atoms with Crippen molar-refractivity contribution in [2.75, 3.05) is 24.5 Å². The highest BCUT2D eigenvalue weighted by Gasteiger charge is 2.14.